The van der Waals surface area contributed by atoms with Crippen LogP contribution in [0.4, 0.5) is 0 Å². The van der Waals surface area contributed by atoms with Crippen LogP contribution in [0.1, 0.15) is 17.0 Å². The third-order valence-electron chi connectivity index (χ3n) is 3.40. The van der Waals surface area contributed by atoms with E-state index in [2.05, 4.69) is 79.8 Å². The maximum absolute atomic E-state index is 2.29. The summed E-state index contributed by atoms with van der Waals surface area (Å²) in [7, 11) is 0. The highest BCUT2D eigenvalue weighted by atomic mass is 14.1. The molecule has 0 unspecified atom stereocenters. The average molecular weight is 232 g/mol. The lowest BCUT2D eigenvalue weighted by Crippen LogP contribution is -1.89. The number of hydrogen-bond acceptors (Lipinski definition) is 0. The number of benzene rings is 2. The first-order valence-corrected chi connectivity index (χ1v) is 6.35. The lowest BCUT2D eigenvalue weighted by molar-refractivity contribution is 1.11. The molecule has 0 saturated heterocycles. The number of allylic oxidation sites excluding steroid dienone is 4. The molecule has 1 aliphatic carbocycles. The van der Waals surface area contributed by atoms with Crippen LogP contribution >= 0.6 is 0 Å². The van der Waals surface area contributed by atoms with E-state index in [1.165, 1.54) is 22.3 Å². The van der Waals surface area contributed by atoms with Gasteiger partial charge in [-0.3, -0.25) is 0 Å². The highest BCUT2D eigenvalue weighted by Gasteiger charge is 2.07. The van der Waals surface area contributed by atoms with E-state index in [0.29, 0.717) is 5.92 Å². The lowest BCUT2D eigenvalue weighted by Gasteiger charge is -2.09. The summed E-state index contributed by atoms with van der Waals surface area (Å²) >= 11 is 0. The van der Waals surface area contributed by atoms with Crippen molar-refractivity contribution in [1.29, 1.82) is 0 Å². The van der Waals surface area contributed by atoms with E-state index in [0.717, 1.165) is 0 Å². The summed E-state index contributed by atoms with van der Waals surface area (Å²) in [5.74, 6) is 0.440. The summed E-state index contributed by atoms with van der Waals surface area (Å²) in [6, 6.07) is 17.5. The summed E-state index contributed by atoms with van der Waals surface area (Å²) in [5, 5.41) is 0. The standard InChI is InChI=1S/C18H16/c1-14-9-11-16(12-10-14)18-8-4-7-17(13-18)15-5-2-3-6-15/h2-13,15H,1H3. The normalized spacial score (nSPS) is 14.3. The minimum atomic E-state index is 0.440. The summed E-state index contributed by atoms with van der Waals surface area (Å²) in [6.07, 6.45) is 8.69. The molecular formula is C18H16. The van der Waals surface area contributed by atoms with Gasteiger partial charge in [0.05, 0.1) is 0 Å². The fraction of sp³-hybridized carbons (Fsp3) is 0.111. The predicted molar refractivity (Wildman–Crippen MR) is 77.6 cm³/mol. The maximum Gasteiger partial charge on any atom is 0.0205 e. The first-order valence-electron chi connectivity index (χ1n) is 6.35. The highest BCUT2D eigenvalue weighted by molar-refractivity contribution is 5.65. The Bertz CT molecular complexity index is 588. The molecule has 2 aromatic rings. The van der Waals surface area contributed by atoms with Crippen LogP contribution in [0.25, 0.3) is 11.1 Å². The predicted octanol–water partition coefficient (Wildman–Crippen LogP) is 4.87. The fourth-order valence-electron chi connectivity index (χ4n) is 2.33. The van der Waals surface area contributed by atoms with Gasteiger partial charge in [-0.25, -0.2) is 0 Å². The SMILES string of the molecule is Cc1ccc(-c2cccc(C3C=CC=C3)c2)cc1. The molecule has 0 nitrogen and oxygen atoms in total. The minimum absolute atomic E-state index is 0.440. The van der Waals surface area contributed by atoms with Crippen molar-refractivity contribution in [3.05, 3.63) is 84.0 Å². The molecule has 0 heterocycles. The van der Waals surface area contributed by atoms with Gasteiger partial charge in [0.2, 0.25) is 0 Å². The van der Waals surface area contributed by atoms with Crippen LogP contribution in [-0.2, 0) is 0 Å². The van der Waals surface area contributed by atoms with Gasteiger partial charge in [0.15, 0.2) is 0 Å². The van der Waals surface area contributed by atoms with Crippen molar-refractivity contribution in [2.45, 2.75) is 12.8 Å². The van der Waals surface area contributed by atoms with Crippen molar-refractivity contribution in [2.75, 3.05) is 0 Å². The van der Waals surface area contributed by atoms with Crippen molar-refractivity contribution < 1.29 is 0 Å². The van der Waals surface area contributed by atoms with Crippen LogP contribution < -0.4 is 0 Å². The monoisotopic (exact) mass is 232 g/mol. The molecule has 0 amide bonds. The van der Waals surface area contributed by atoms with Crippen molar-refractivity contribution >= 4 is 0 Å². The Morgan fingerprint density at radius 3 is 2.22 bits per heavy atom. The van der Waals surface area contributed by atoms with Crippen LogP contribution in [0.15, 0.2) is 72.8 Å². The Kier molecular flexibility index (Phi) is 2.85. The van der Waals surface area contributed by atoms with Crippen LogP contribution in [0, 0.1) is 6.92 Å². The molecule has 0 aromatic heterocycles. The molecular weight excluding hydrogens is 216 g/mol. The van der Waals surface area contributed by atoms with Crippen molar-refractivity contribution in [3.63, 3.8) is 0 Å². The van der Waals surface area contributed by atoms with Gasteiger partial charge in [-0.15, -0.1) is 0 Å². The molecule has 0 atom stereocenters. The summed E-state index contributed by atoms with van der Waals surface area (Å²) in [5.41, 5.74) is 5.24. The topological polar surface area (TPSA) is 0 Å². The van der Waals surface area contributed by atoms with Crippen LogP contribution in [-0.4, -0.2) is 0 Å². The smallest absolute Gasteiger partial charge is 0.0205 e. The molecule has 2 aromatic carbocycles. The maximum atomic E-state index is 2.29. The summed E-state index contributed by atoms with van der Waals surface area (Å²) < 4.78 is 0. The minimum Gasteiger partial charge on any atom is -0.0732 e. The molecule has 88 valence electrons. The molecule has 0 heteroatoms. The van der Waals surface area contributed by atoms with Gasteiger partial charge in [-0.05, 0) is 23.6 Å². The molecule has 0 fully saturated rings. The zero-order chi connectivity index (χ0) is 12.4. The molecule has 0 N–H and O–H groups in total. The first kappa shape index (κ1) is 11.0. The number of rotatable bonds is 2. The van der Waals surface area contributed by atoms with Gasteiger partial charge < -0.3 is 0 Å². The van der Waals surface area contributed by atoms with Crippen molar-refractivity contribution in [2.24, 2.45) is 0 Å². The lowest BCUT2D eigenvalue weighted by atomic mass is 9.96. The third-order valence-corrected chi connectivity index (χ3v) is 3.40. The first-order chi connectivity index (χ1) is 8.83. The Labute approximate surface area is 108 Å². The fourth-order valence-corrected chi connectivity index (χ4v) is 2.33. The highest BCUT2D eigenvalue weighted by Crippen LogP contribution is 2.27. The van der Waals surface area contributed by atoms with Crippen LogP contribution in [0.5, 0.6) is 0 Å². The van der Waals surface area contributed by atoms with Gasteiger partial charge >= 0.3 is 0 Å². The van der Waals surface area contributed by atoms with Crippen LogP contribution in [0.2, 0.25) is 0 Å². The van der Waals surface area contributed by atoms with Crippen molar-refractivity contribution in [1.82, 2.24) is 0 Å². The van der Waals surface area contributed by atoms with Gasteiger partial charge in [-0.2, -0.15) is 0 Å². The quantitative estimate of drug-likeness (QED) is 0.692. The zero-order valence-electron chi connectivity index (χ0n) is 10.5. The Morgan fingerprint density at radius 1 is 0.778 bits per heavy atom. The molecule has 0 bridgehead atoms. The third kappa shape index (κ3) is 2.14. The largest absolute Gasteiger partial charge is 0.0732 e. The Hall–Kier alpha value is -2.08. The van der Waals surface area contributed by atoms with E-state index in [4.69, 9.17) is 0 Å². The Balaban J connectivity index is 1.98. The Morgan fingerprint density at radius 2 is 1.50 bits per heavy atom. The van der Waals surface area contributed by atoms with Gasteiger partial charge in [0.1, 0.15) is 0 Å². The molecule has 1 aliphatic rings. The van der Waals surface area contributed by atoms with Crippen molar-refractivity contribution in [3.8, 4) is 11.1 Å². The molecule has 0 saturated carbocycles. The second-order valence-corrected chi connectivity index (χ2v) is 4.79. The average Bonchev–Trinajstić information content (AvgIpc) is 2.94. The van der Waals surface area contributed by atoms with E-state index in [-0.39, 0.29) is 0 Å². The molecule has 18 heavy (non-hydrogen) atoms. The van der Waals surface area contributed by atoms with Gasteiger partial charge in [0.25, 0.3) is 0 Å². The molecule has 0 spiro atoms. The molecule has 0 aliphatic heterocycles. The van der Waals surface area contributed by atoms with E-state index in [9.17, 15) is 0 Å². The van der Waals surface area contributed by atoms with Gasteiger partial charge in [-0.1, -0.05) is 78.4 Å². The van der Waals surface area contributed by atoms with E-state index in [1.54, 1.807) is 0 Å². The molecule has 3 rings (SSSR count). The van der Waals surface area contributed by atoms with E-state index < -0.39 is 0 Å². The number of hydrogen-bond donors (Lipinski definition) is 0. The second-order valence-electron chi connectivity index (χ2n) is 4.79. The zero-order valence-corrected chi connectivity index (χ0v) is 10.5. The van der Waals surface area contributed by atoms with Gasteiger partial charge in [0, 0.05) is 5.92 Å². The van der Waals surface area contributed by atoms with E-state index in [1.807, 2.05) is 0 Å². The summed E-state index contributed by atoms with van der Waals surface area (Å²) in [4.78, 5) is 0. The second kappa shape index (κ2) is 4.66. The summed E-state index contributed by atoms with van der Waals surface area (Å²) in [6.45, 7) is 2.12. The number of aryl methyl sites for hydroxylation is 1. The van der Waals surface area contributed by atoms with E-state index >= 15 is 0 Å². The van der Waals surface area contributed by atoms with Crippen LogP contribution in [0.3, 0.4) is 0 Å². The molecule has 0 radical (unpaired) electrons.